The van der Waals surface area contributed by atoms with Crippen molar-refractivity contribution in [3.8, 4) is 27.6 Å². The molecule has 0 amide bonds. The number of halogens is 1. The van der Waals surface area contributed by atoms with Crippen LogP contribution in [0.5, 0.6) is 5.06 Å². The fourth-order valence-electron chi connectivity index (χ4n) is 3.63. The summed E-state index contributed by atoms with van der Waals surface area (Å²) in [5, 5.41) is 14.6. The van der Waals surface area contributed by atoms with E-state index < -0.39 is 0 Å². The van der Waals surface area contributed by atoms with E-state index >= 15 is 0 Å². The average Bonchev–Trinajstić information content (AvgIpc) is 3.78. The second-order valence-electron chi connectivity index (χ2n) is 8.59. The Hall–Kier alpha value is -4.39. The first kappa shape index (κ1) is 29.6. The second-order valence-corrected chi connectivity index (χ2v) is 11.6. The average molecular weight is 610 g/mol. The lowest BCUT2D eigenvalue weighted by molar-refractivity contribution is 0.427. The maximum atomic E-state index is 11.7. The molecular formula is C28H28ClN7O3S2. The minimum absolute atomic E-state index is 0.129. The van der Waals surface area contributed by atoms with Crippen LogP contribution in [0.1, 0.15) is 15.4 Å². The quantitative estimate of drug-likeness (QED) is 0.163. The number of nitrogens with zero attached hydrogens (tertiary/aromatic N) is 2. The van der Waals surface area contributed by atoms with E-state index in [9.17, 15) is 9.59 Å². The largest absolute Gasteiger partial charge is 0.487 e. The highest BCUT2D eigenvalue weighted by Gasteiger charge is 2.08. The van der Waals surface area contributed by atoms with Gasteiger partial charge < -0.3 is 20.4 Å². The SMILES string of the molecule is COc1ccc(C)s1.Nc1cc(-c2ccc[nH]c2=O)[nH]n1.O=c1[nH]cccc1-c1cc(CCc2ccc(Cl)s2)[nH]n1. The van der Waals surface area contributed by atoms with Gasteiger partial charge in [-0.15, -0.1) is 22.7 Å². The molecule has 6 rings (SSSR count). The van der Waals surface area contributed by atoms with Crippen LogP contribution in [-0.4, -0.2) is 37.5 Å². The zero-order valence-corrected chi connectivity index (χ0v) is 24.6. The highest BCUT2D eigenvalue weighted by molar-refractivity contribution is 7.16. The molecule has 0 aliphatic carbocycles. The molecule has 41 heavy (non-hydrogen) atoms. The fraction of sp³-hybridized carbons (Fsp3) is 0.143. The van der Waals surface area contributed by atoms with E-state index in [1.54, 1.807) is 72.5 Å². The number of anilines is 1. The van der Waals surface area contributed by atoms with E-state index in [0.717, 1.165) is 27.9 Å². The Morgan fingerprint density at radius 3 is 2.15 bits per heavy atom. The van der Waals surface area contributed by atoms with Crippen LogP contribution in [0.2, 0.25) is 4.34 Å². The topological polar surface area (TPSA) is 158 Å². The third-order valence-electron chi connectivity index (χ3n) is 5.62. The third kappa shape index (κ3) is 8.55. The van der Waals surface area contributed by atoms with Crippen LogP contribution in [0.25, 0.3) is 22.5 Å². The van der Waals surface area contributed by atoms with Gasteiger partial charge in [0.15, 0.2) is 5.06 Å². The van der Waals surface area contributed by atoms with Gasteiger partial charge in [0.1, 0.15) is 5.82 Å². The predicted molar refractivity (Wildman–Crippen MR) is 166 cm³/mol. The van der Waals surface area contributed by atoms with Crippen molar-refractivity contribution >= 4 is 40.1 Å². The Morgan fingerprint density at radius 2 is 1.61 bits per heavy atom. The predicted octanol–water partition coefficient (Wildman–Crippen LogP) is 5.68. The van der Waals surface area contributed by atoms with Crippen molar-refractivity contribution in [2.75, 3.05) is 12.8 Å². The molecule has 6 aromatic heterocycles. The van der Waals surface area contributed by atoms with E-state index in [1.165, 1.54) is 9.75 Å². The van der Waals surface area contributed by atoms with E-state index in [0.29, 0.717) is 28.3 Å². The molecule has 0 aromatic carbocycles. The molecule has 0 unspecified atom stereocenters. The molecular weight excluding hydrogens is 582 g/mol. The van der Waals surface area contributed by atoms with E-state index in [1.807, 2.05) is 30.3 Å². The smallest absolute Gasteiger partial charge is 0.257 e. The summed E-state index contributed by atoms with van der Waals surface area (Å²) in [7, 11) is 1.69. The molecule has 0 fully saturated rings. The maximum Gasteiger partial charge on any atom is 0.257 e. The number of H-pyrrole nitrogens is 4. The van der Waals surface area contributed by atoms with Crippen molar-refractivity contribution in [3.05, 3.63) is 114 Å². The number of nitrogens with one attached hydrogen (secondary N) is 4. The van der Waals surface area contributed by atoms with Gasteiger partial charge in [-0.05, 0) is 74.4 Å². The molecule has 0 radical (unpaired) electrons. The summed E-state index contributed by atoms with van der Waals surface area (Å²) < 4.78 is 5.76. The summed E-state index contributed by atoms with van der Waals surface area (Å²) in [6.07, 6.45) is 4.93. The van der Waals surface area contributed by atoms with Crippen molar-refractivity contribution in [1.82, 2.24) is 30.4 Å². The van der Waals surface area contributed by atoms with Gasteiger partial charge in [0.25, 0.3) is 11.1 Å². The molecule has 0 aliphatic heterocycles. The lowest BCUT2D eigenvalue weighted by Crippen LogP contribution is -2.06. The molecule has 6 aromatic rings. The van der Waals surface area contributed by atoms with E-state index in [-0.39, 0.29) is 11.1 Å². The van der Waals surface area contributed by atoms with Gasteiger partial charge in [0.2, 0.25) is 0 Å². The van der Waals surface area contributed by atoms with Gasteiger partial charge >= 0.3 is 0 Å². The van der Waals surface area contributed by atoms with Crippen molar-refractivity contribution in [2.24, 2.45) is 0 Å². The van der Waals surface area contributed by atoms with E-state index in [2.05, 4.69) is 37.3 Å². The summed E-state index contributed by atoms with van der Waals surface area (Å²) >= 11 is 9.16. The first-order chi connectivity index (χ1) is 19.8. The molecule has 13 heteroatoms. The van der Waals surface area contributed by atoms with Crippen LogP contribution < -0.4 is 21.6 Å². The lowest BCUT2D eigenvalue weighted by atomic mass is 10.1. The number of aryl methyl sites for hydroxylation is 3. The standard InChI is InChI=1S/C14H12ClN3OS.C8H8N4O.C6H8OS/c15-13-6-5-10(20-13)4-3-9-8-12(18-17-9)11-2-1-7-16-14(11)19;9-7-4-6(11-12-7)5-2-1-3-10-8(5)13;1-5-3-4-6(7-2)8-5/h1-2,5-8H,3-4H2,(H,16,19)(H,17,18);1-4H,(H,10,13)(H3,9,11,12);3-4H,1-2H3. The monoisotopic (exact) mass is 609 g/mol. The number of pyridine rings is 2. The molecule has 0 bridgehead atoms. The highest BCUT2D eigenvalue weighted by Crippen LogP contribution is 2.23. The minimum Gasteiger partial charge on any atom is -0.487 e. The molecule has 10 nitrogen and oxygen atoms in total. The normalized spacial score (nSPS) is 10.3. The van der Waals surface area contributed by atoms with Crippen LogP contribution in [0.15, 0.2) is 82.6 Å². The summed E-state index contributed by atoms with van der Waals surface area (Å²) in [4.78, 5) is 30.7. The molecule has 0 aliphatic rings. The highest BCUT2D eigenvalue weighted by atomic mass is 35.5. The van der Waals surface area contributed by atoms with Crippen molar-refractivity contribution in [2.45, 2.75) is 19.8 Å². The third-order valence-corrected chi connectivity index (χ3v) is 7.87. The Labute approximate surface area is 248 Å². The van der Waals surface area contributed by atoms with Gasteiger partial charge in [0, 0.05) is 33.9 Å². The molecule has 0 atom stereocenters. The Bertz CT molecular complexity index is 1800. The summed E-state index contributed by atoms with van der Waals surface area (Å²) in [6, 6.07) is 18.5. The minimum atomic E-state index is -0.161. The lowest BCUT2D eigenvalue weighted by Gasteiger charge is -1.94. The zero-order chi connectivity index (χ0) is 29.2. The summed E-state index contributed by atoms with van der Waals surface area (Å²) in [6.45, 7) is 2.06. The molecule has 0 spiro atoms. The van der Waals surface area contributed by atoms with Gasteiger partial charge in [-0.2, -0.15) is 10.2 Å². The fourth-order valence-corrected chi connectivity index (χ4v) is 5.39. The maximum absolute atomic E-state index is 11.7. The molecule has 0 saturated carbocycles. The molecule has 0 saturated heterocycles. The Balaban J connectivity index is 0.000000158. The number of aromatic amines is 4. The van der Waals surface area contributed by atoms with Gasteiger partial charge in [-0.25, -0.2) is 0 Å². The van der Waals surface area contributed by atoms with Crippen LogP contribution in [-0.2, 0) is 12.8 Å². The van der Waals surface area contributed by atoms with Gasteiger partial charge in [-0.1, -0.05) is 11.6 Å². The second kappa shape index (κ2) is 14.3. The Kier molecular flexibility index (Phi) is 10.3. The first-order valence-electron chi connectivity index (χ1n) is 12.4. The molecule has 212 valence electrons. The number of nitrogens with two attached hydrogens (primary N) is 1. The number of hydrogen-bond acceptors (Lipinski definition) is 8. The number of ether oxygens (including phenoxy) is 1. The Morgan fingerprint density at radius 1 is 0.878 bits per heavy atom. The molecule has 6 heterocycles. The number of aromatic nitrogens is 6. The van der Waals surface area contributed by atoms with Crippen molar-refractivity contribution < 1.29 is 4.74 Å². The molecule has 6 N–H and O–H groups in total. The van der Waals surface area contributed by atoms with Gasteiger partial charge in [0.05, 0.1) is 34.0 Å². The van der Waals surface area contributed by atoms with E-state index in [4.69, 9.17) is 22.1 Å². The van der Waals surface area contributed by atoms with Crippen LogP contribution in [0, 0.1) is 6.92 Å². The van der Waals surface area contributed by atoms with Crippen molar-refractivity contribution in [3.63, 3.8) is 0 Å². The summed E-state index contributed by atoms with van der Waals surface area (Å²) in [5.74, 6) is 0.373. The number of methoxy groups -OCH3 is 1. The number of hydrogen-bond donors (Lipinski definition) is 5. The number of nitrogen functional groups attached to an aromatic ring is 1. The number of rotatable bonds is 6. The van der Waals surface area contributed by atoms with Crippen molar-refractivity contribution in [1.29, 1.82) is 0 Å². The van der Waals surface area contributed by atoms with Crippen LogP contribution in [0.3, 0.4) is 0 Å². The first-order valence-corrected chi connectivity index (χ1v) is 14.4. The number of thiophene rings is 2. The summed E-state index contributed by atoms with van der Waals surface area (Å²) in [5.41, 5.74) is 8.54. The zero-order valence-electron chi connectivity index (χ0n) is 22.2. The van der Waals surface area contributed by atoms with Crippen LogP contribution >= 0.6 is 34.3 Å². The van der Waals surface area contributed by atoms with Crippen LogP contribution in [0.4, 0.5) is 5.82 Å². The van der Waals surface area contributed by atoms with Gasteiger partial charge in [-0.3, -0.25) is 19.8 Å².